The molecule has 0 saturated carbocycles. The largest absolute Gasteiger partial charge is 0.468 e. The van der Waals surface area contributed by atoms with Gasteiger partial charge in [-0.3, -0.25) is 14.1 Å². The second-order valence-corrected chi connectivity index (χ2v) is 8.30. The molecule has 0 aromatic carbocycles. The molecule has 4 atom stereocenters. The topological polar surface area (TPSA) is 154 Å². The molecule has 0 unspecified atom stereocenters. The third-order valence-corrected chi connectivity index (χ3v) is 5.47. The fourth-order valence-electron chi connectivity index (χ4n) is 2.84. The van der Waals surface area contributed by atoms with Gasteiger partial charge in [-0.15, -0.1) is 0 Å². The van der Waals surface area contributed by atoms with Crippen LogP contribution in [0.5, 0.6) is 0 Å². The fourth-order valence-corrected chi connectivity index (χ4v) is 3.70. The van der Waals surface area contributed by atoms with E-state index in [2.05, 4.69) is 9.51 Å². The summed E-state index contributed by atoms with van der Waals surface area (Å²) in [5, 5.41) is 18.2. The van der Waals surface area contributed by atoms with Gasteiger partial charge in [-0.2, -0.15) is 0 Å². The van der Waals surface area contributed by atoms with Crippen molar-refractivity contribution >= 4 is 43.6 Å². The highest BCUT2D eigenvalue weighted by Crippen LogP contribution is 2.50. The van der Waals surface area contributed by atoms with Gasteiger partial charge in [-0.05, 0) is 6.92 Å². The molecule has 2 heterocycles. The van der Waals surface area contributed by atoms with Gasteiger partial charge in [0.2, 0.25) is 0 Å². The van der Waals surface area contributed by atoms with Gasteiger partial charge >= 0.3 is 13.5 Å². The van der Waals surface area contributed by atoms with Crippen molar-refractivity contribution in [2.75, 3.05) is 0 Å². The first-order valence-corrected chi connectivity index (χ1v) is 9.33. The van der Waals surface area contributed by atoms with E-state index in [4.69, 9.17) is 26.7 Å². The van der Waals surface area contributed by atoms with Crippen molar-refractivity contribution in [3.05, 3.63) is 26.9 Å². The van der Waals surface area contributed by atoms with E-state index >= 15 is 4.39 Å². The summed E-state index contributed by atoms with van der Waals surface area (Å²) < 4.78 is 37.2. The average Bonchev–Trinajstić information content (AvgIpc) is 2.63. The lowest BCUT2D eigenvalue weighted by atomic mass is 9.59. The van der Waals surface area contributed by atoms with Crippen LogP contribution in [0, 0.1) is 11.6 Å². The molecule has 0 radical (unpaired) electrons. The number of nitrogens with one attached hydrogen (secondary N) is 1. The zero-order chi connectivity index (χ0) is 20.3. The molecule has 10 nitrogen and oxygen atoms in total. The summed E-state index contributed by atoms with van der Waals surface area (Å²) >= 11 is 4.93. The smallest absolute Gasteiger partial charge is 0.386 e. The van der Waals surface area contributed by atoms with E-state index in [9.17, 15) is 19.6 Å². The van der Waals surface area contributed by atoms with E-state index in [-0.39, 0.29) is 4.64 Å². The lowest BCUT2D eigenvalue weighted by molar-refractivity contribution is -0.240. The van der Waals surface area contributed by atoms with Crippen molar-refractivity contribution in [3.8, 4) is 0 Å². The molecule has 26 heavy (non-hydrogen) atoms. The van der Waals surface area contributed by atoms with Gasteiger partial charge in [0.1, 0.15) is 38.2 Å². The number of ether oxygens (including phenoxy) is 1. The number of aliphatic hydroxyl groups excluding tert-OH is 2. The Kier molecular flexibility index (Phi) is 5.28. The van der Waals surface area contributed by atoms with Crippen LogP contribution in [0.3, 0.4) is 0 Å². The van der Waals surface area contributed by atoms with Crippen molar-refractivity contribution in [3.63, 3.8) is 0 Å². The van der Waals surface area contributed by atoms with Crippen LogP contribution in [0.15, 0.2) is 11.0 Å². The van der Waals surface area contributed by atoms with Crippen molar-refractivity contribution in [1.29, 1.82) is 0 Å². The fraction of sp³-hybridized carbons (Fsp3) is 0.600. The molecule has 0 amide bonds. The van der Waals surface area contributed by atoms with E-state index in [1.807, 2.05) is 0 Å². The maximum atomic E-state index is 15.5. The van der Waals surface area contributed by atoms with Crippen LogP contribution in [-0.2, 0) is 19.4 Å². The number of aliphatic hydroxyl groups is 2. The Morgan fingerprint density at radius 3 is 2.50 bits per heavy atom. The number of hydrogen-bond acceptors (Lipinski definition) is 7. The highest BCUT2D eigenvalue weighted by atomic mass is 32.1. The lowest BCUT2D eigenvalue weighted by Crippen LogP contribution is -2.60. The molecule has 1 aliphatic rings. The standard InChI is InChI=1S/C10H17B3FN2O8PS/c1-3-2-16(7(19)15-6(3)26)9(11)5(18)4(17)8(14,23-9)10(12,13)24-25(20,21)22/h2,4-5,17-18H,11-13H2,1H3,(H,15,19,26)(H2,20,21,22)/t4-,5+,8-,9-/m0/s1. The maximum absolute atomic E-state index is 15.5. The molecule has 1 aromatic rings. The van der Waals surface area contributed by atoms with Crippen molar-refractivity contribution in [2.45, 2.75) is 36.0 Å². The van der Waals surface area contributed by atoms with Crippen LogP contribution in [0.4, 0.5) is 4.39 Å². The number of aromatic amines is 1. The number of halogens is 1. The second-order valence-electron chi connectivity index (χ2n) is 6.72. The summed E-state index contributed by atoms with van der Waals surface area (Å²) in [7, 11) is -2.17. The van der Waals surface area contributed by atoms with Gasteiger partial charge in [0.15, 0.2) is 7.85 Å². The second kappa shape index (κ2) is 6.38. The van der Waals surface area contributed by atoms with Crippen LogP contribution in [0.1, 0.15) is 5.56 Å². The summed E-state index contributed by atoms with van der Waals surface area (Å²) in [5.41, 5.74) is -2.55. The van der Waals surface area contributed by atoms with E-state index in [1.165, 1.54) is 6.20 Å². The molecule has 0 aliphatic carbocycles. The van der Waals surface area contributed by atoms with Crippen molar-refractivity contribution in [1.82, 2.24) is 9.55 Å². The molecule has 5 N–H and O–H groups in total. The molecule has 142 valence electrons. The predicted octanol–water partition coefficient (Wildman–Crippen LogP) is -4.10. The monoisotopic (exact) mass is 408 g/mol. The quantitative estimate of drug-likeness (QED) is 0.190. The molecule has 0 spiro atoms. The SMILES string of the molecule is BC(B)(OP(=O)(O)O)[C@@]1(F)O[C@@](B)(n2cc(C)c(=S)[nH]c2=O)[C@H](O)[C@@H]1O. The highest BCUT2D eigenvalue weighted by Gasteiger charge is 2.68. The number of phosphoric acid groups is 1. The number of hydrogen-bond donors (Lipinski definition) is 5. The number of aryl methyl sites for hydroxylation is 1. The van der Waals surface area contributed by atoms with Crippen LogP contribution < -0.4 is 5.69 Å². The molecule has 2 rings (SSSR count). The van der Waals surface area contributed by atoms with Gasteiger partial charge in [0.05, 0.1) is 5.40 Å². The molecule has 1 aromatic heterocycles. The number of rotatable bonds is 4. The van der Waals surface area contributed by atoms with Gasteiger partial charge in [-0.1, -0.05) is 12.2 Å². The third-order valence-electron chi connectivity index (χ3n) is 4.35. The molecule has 1 saturated heterocycles. The Balaban J connectivity index is 2.59. The predicted molar refractivity (Wildman–Crippen MR) is 97.0 cm³/mol. The Bertz CT molecular complexity index is 892. The summed E-state index contributed by atoms with van der Waals surface area (Å²) in [5.74, 6) is -3.26. The minimum atomic E-state index is -5.17. The van der Waals surface area contributed by atoms with Crippen molar-refractivity contribution in [2.24, 2.45) is 0 Å². The Hall–Kier alpha value is -0.785. The van der Waals surface area contributed by atoms with Crippen LogP contribution in [0.25, 0.3) is 0 Å². The number of H-pyrrole nitrogens is 1. The van der Waals surface area contributed by atoms with Gasteiger partial charge in [-0.25, -0.2) is 13.8 Å². The zero-order valence-corrected chi connectivity index (χ0v) is 16.0. The summed E-state index contributed by atoms with van der Waals surface area (Å²) in [6.45, 7) is 1.55. The molecule has 1 aliphatic heterocycles. The Morgan fingerprint density at radius 2 is 2.00 bits per heavy atom. The first-order chi connectivity index (χ1) is 11.5. The Labute approximate surface area is 154 Å². The van der Waals surface area contributed by atoms with Crippen LogP contribution in [-0.4, -0.2) is 76.6 Å². The average molecular weight is 408 g/mol. The first kappa shape index (κ1) is 21.5. The minimum Gasteiger partial charge on any atom is -0.386 e. The summed E-state index contributed by atoms with van der Waals surface area (Å²) in [4.78, 5) is 32.5. The zero-order valence-electron chi connectivity index (χ0n) is 14.3. The van der Waals surface area contributed by atoms with Gasteiger partial charge in [0, 0.05) is 11.8 Å². The van der Waals surface area contributed by atoms with Crippen LogP contribution >= 0.6 is 20.0 Å². The number of nitrogens with zero attached hydrogens (tertiary/aromatic N) is 1. The van der Waals surface area contributed by atoms with E-state index in [0.29, 0.717) is 5.56 Å². The van der Waals surface area contributed by atoms with E-state index in [1.54, 1.807) is 6.92 Å². The first-order valence-electron chi connectivity index (χ1n) is 7.40. The molecular weight excluding hydrogens is 391 g/mol. The maximum Gasteiger partial charge on any atom is 0.468 e. The molecular formula is C10H17B3FN2O8PS. The van der Waals surface area contributed by atoms with Gasteiger partial charge < -0.3 is 24.7 Å². The molecule has 16 heteroatoms. The van der Waals surface area contributed by atoms with E-state index in [0.717, 1.165) is 28.1 Å². The lowest BCUT2D eigenvalue weighted by Gasteiger charge is -2.39. The number of aromatic nitrogens is 2. The number of alkyl halides is 1. The van der Waals surface area contributed by atoms with Crippen molar-refractivity contribution < 1.29 is 38.2 Å². The van der Waals surface area contributed by atoms with Crippen LogP contribution in [0.2, 0.25) is 0 Å². The molecule has 0 bridgehead atoms. The minimum absolute atomic E-state index is 0.125. The number of phosphoric ester groups is 1. The Morgan fingerprint density at radius 1 is 1.46 bits per heavy atom. The summed E-state index contributed by atoms with van der Waals surface area (Å²) in [6.07, 6.45) is -3.06. The third kappa shape index (κ3) is 3.38. The normalized spacial score (nSPS) is 32.7. The highest BCUT2D eigenvalue weighted by molar-refractivity contribution is 7.71. The van der Waals surface area contributed by atoms with Gasteiger partial charge in [0.25, 0.3) is 5.85 Å². The molecule has 1 fully saturated rings. The van der Waals surface area contributed by atoms with E-state index < -0.39 is 42.6 Å². The summed E-state index contributed by atoms with van der Waals surface area (Å²) in [6, 6.07) is 0.